The average molecular weight is 342 g/mol. The van der Waals surface area contributed by atoms with Crippen molar-refractivity contribution >= 4 is 5.97 Å². The second kappa shape index (κ2) is 9.23. The normalized spacial score (nSPS) is 12.0. The van der Waals surface area contributed by atoms with Crippen LogP contribution in [0.4, 0.5) is 0 Å². The molecule has 0 saturated carbocycles. The summed E-state index contributed by atoms with van der Waals surface area (Å²) in [6, 6.07) is 12.7. The molecule has 0 spiro atoms. The highest BCUT2D eigenvalue weighted by atomic mass is 16.5. The number of carbonyl (C=O) groups is 1. The molecule has 0 fully saturated rings. The monoisotopic (exact) mass is 342 g/mol. The molecule has 1 atom stereocenters. The minimum absolute atomic E-state index is 0.293. The highest BCUT2D eigenvalue weighted by Crippen LogP contribution is 2.24. The van der Waals surface area contributed by atoms with E-state index in [-0.39, 0.29) is 0 Å². The number of hydrogen-bond donors (Lipinski definition) is 2. The van der Waals surface area contributed by atoms with Gasteiger partial charge in [-0.2, -0.15) is 0 Å². The van der Waals surface area contributed by atoms with Crippen LogP contribution in [0.1, 0.15) is 65.8 Å². The molecule has 0 aliphatic rings. The molecule has 4 heteroatoms. The van der Waals surface area contributed by atoms with Crippen LogP contribution in [0.2, 0.25) is 0 Å². The van der Waals surface area contributed by atoms with E-state index < -0.39 is 12.1 Å². The third-order valence-corrected chi connectivity index (χ3v) is 4.39. The van der Waals surface area contributed by atoms with Gasteiger partial charge in [0.15, 0.2) is 0 Å². The number of aromatic carboxylic acids is 1. The molecule has 25 heavy (non-hydrogen) atoms. The Kier molecular flexibility index (Phi) is 7.02. The third kappa shape index (κ3) is 5.33. The highest BCUT2D eigenvalue weighted by molar-refractivity contribution is 5.89. The Morgan fingerprint density at radius 1 is 1.16 bits per heavy atom. The van der Waals surface area contributed by atoms with Gasteiger partial charge in [0.25, 0.3) is 0 Å². The van der Waals surface area contributed by atoms with E-state index in [0.29, 0.717) is 23.5 Å². The van der Waals surface area contributed by atoms with Gasteiger partial charge in [0.1, 0.15) is 12.4 Å². The fourth-order valence-electron chi connectivity index (χ4n) is 2.80. The Hall–Kier alpha value is -2.33. The molecule has 0 aromatic heterocycles. The molecule has 0 saturated heterocycles. The van der Waals surface area contributed by atoms with Crippen molar-refractivity contribution in [2.24, 2.45) is 0 Å². The predicted molar refractivity (Wildman–Crippen MR) is 98.0 cm³/mol. The van der Waals surface area contributed by atoms with Gasteiger partial charge in [0, 0.05) is 0 Å². The maximum Gasteiger partial charge on any atom is 0.335 e. The first-order valence-electron chi connectivity index (χ1n) is 8.75. The van der Waals surface area contributed by atoms with Crippen LogP contribution < -0.4 is 4.74 Å². The van der Waals surface area contributed by atoms with Crippen molar-refractivity contribution < 1.29 is 19.7 Å². The average Bonchev–Trinajstić information content (AvgIpc) is 2.61. The lowest BCUT2D eigenvalue weighted by Crippen LogP contribution is -2.05. The molecule has 0 aliphatic carbocycles. The van der Waals surface area contributed by atoms with E-state index in [0.717, 1.165) is 36.8 Å². The number of benzene rings is 2. The van der Waals surface area contributed by atoms with E-state index in [4.69, 9.17) is 4.74 Å². The van der Waals surface area contributed by atoms with Crippen LogP contribution in [0, 0.1) is 6.92 Å². The number of rotatable bonds is 9. The summed E-state index contributed by atoms with van der Waals surface area (Å²) in [5.74, 6) is -0.260. The van der Waals surface area contributed by atoms with Crippen LogP contribution in [-0.4, -0.2) is 16.2 Å². The summed E-state index contributed by atoms with van der Waals surface area (Å²) >= 11 is 0. The molecule has 2 aromatic rings. The molecular formula is C21H26O4. The van der Waals surface area contributed by atoms with E-state index in [9.17, 15) is 15.0 Å². The van der Waals surface area contributed by atoms with Crippen molar-refractivity contribution in [1.29, 1.82) is 0 Å². The fraction of sp³-hybridized carbons (Fsp3) is 0.381. The lowest BCUT2D eigenvalue weighted by molar-refractivity contribution is 0.0696. The Morgan fingerprint density at radius 2 is 1.92 bits per heavy atom. The van der Waals surface area contributed by atoms with Gasteiger partial charge in [0.2, 0.25) is 0 Å². The van der Waals surface area contributed by atoms with E-state index in [1.54, 1.807) is 19.1 Å². The smallest absolute Gasteiger partial charge is 0.335 e. The molecule has 2 rings (SSSR count). The van der Waals surface area contributed by atoms with E-state index >= 15 is 0 Å². The first kappa shape index (κ1) is 19.0. The quantitative estimate of drug-likeness (QED) is 0.637. The molecule has 2 aromatic carbocycles. The fourth-order valence-corrected chi connectivity index (χ4v) is 2.80. The lowest BCUT2D eigenvalue weighted by atomic mass is 10.0. The summed E-state index contributed by atoms with van der Waals surface area (Å²) < 4.78 is 5.82. The maximum atomic E-state index is 11.2. The third-order valence-electron chi connectivity index (χ3n) is 4.39. The molecule has 0 amide bonds. The van der Waals surface area contributed by atoms with Gasteiger partial charge in [-0.25, -0.2) is 4.79 Å². The molecule has 2 N–H and O–H groups in total. The number of aliphatic hydroxyl groups excluding tert-OH is 1. The van der Waals surface area contributed by atoms with Crippen LogP contribution in [-0.2, 0) is 6.61 Å². The molecule has 4 nitrogen and oxygen atoms in total. The summed E-state index contributed by atoms with van der Waals surface area (Å²) in [5, 5.41) is 19.5. The number of hydrogen-bond acceptors (Lipinski definition) is 3. The van der Waals surface area contributed by atoms with Crippen molar-refractivity contribution in [3.05, 3.63) is 64.7 Å². The lowest BCUT2D eigenvalue weighted by Gasteiger charge is -2.14. The standard InChI is InChI=1S/C21H26O4/c1-3-4-5-12-20(22)16-8-6-10-18(13-16)25-14-17-9-7-11-19(15(17)2)21(23)24/h6-11,13,20,22H,3-5,12,14H2,1-2H3,(H,23,24). The second-order valence-corrected chi connectivity index (χ2v) is 6.27. The van der Waals surface area contributed by atoms with Crippen molar-refractivity contribution in [3.8, 4) is 5.75 Å². The van der Waals surface area contributed by atoms with Crippen LogP contribution in [0.3, 0.4) is 0 Å². The Morgan fingerprint density at radius 3 is 2.64 bits per heavy atom. The van der Waals surface area contributed by atoms with Gasteiger partial charge >= 0.3 is 5.97 Å². The first-order valence-corrected chi connectivity index (χ1v) is 8.75. The Balaban J connectivity index is 2.03. The van der Waals surface area contributed by atoms with Crippen molar-refractivity contribution in [3.63, 3.8) is 0 Å². The van der Waals surface area contributed by atoms with E-state index in [1.807, 2.05) is 30.3 Å². The summed E-state index contributed by atoms with van der Waals surface area (Å²) in [6.45, 7) is 4.22. The number of carboxylic acids is 1. The van der Waals surface area contributed by atoms with Crippen molar-refractivity contribution in [2.45, 2.75) is 52.2 Å². The topological polar surface area (TPSA) is 66.8 Å². The van der Waals surface area contributed by atoms with E-state index in [1.165, 1.54) is 0 Å². The molecule has 0 radical (unpaired) electrons. The number of unbranched alkanes of at least 4 members (excludes halogenated alkanes) is 2. The largest absolute Gasteiger partial charge is 0.489 e. The summed E-state index contributed by atoms with van der Waals surface area (Å²) in [6.07, 6.45) is 3.52. The maximum absolute atomic E-state index is 11.2. The first-order chi connectivity index (χ1) is 12.0. The van der Waals surface area contributed by atoms with Crippen LogP contribution in [0.15, 0.2) is 42.5 Å². The van der Waals surface area contributed by atoms with Gasteiger partial charge < -0.3 is 14.9 Å². The molecular weight excluding hydrogens is 316 g/mol. The van der Waals surface area contributed by atoms with Gasteiger partial charge in [0.05, 0.1) is 11.7 Å². The number of carboxylic acid groups (broad SMARTS) is 1. The summed E-state index contributed by atoms with van der Waals surface area (Å²) in [7, 11) is 0. The summed E-state index contributed by atoms with van der Waals surface area (Å²) in [4.78, 5) is 11.2. The van der Waals surface area contributed by atoms with E-state index in [2.05, 4.69) is 6.92 Å². The molecule has 1 unspecified atom stereocenters. The minimum atomic E-state index is -0.934. The van der Waals surface area contributed by atoms with Crippen molar-refractivity contribution in [1.82, 2.24) is 0 Å². The van der Waals surface area contributed by atoms with Gasteiger partial charge in [-0.05, 0) is 48.2 Å². The highest BCUT2D eigenvalue weighted by Gasteiger charge is 2.11. The molecule has 0 bridgehead atoms. The number of ether oxygens (including phenoxy) is 1. The Bertz CT molecular complexity index is 709. The zero-order chi connectivity index (χ0) is 18.2. The summed E-state index contributed by atoms with van der Waals surface area (Å²) in [5.41, 5.74) is 2.70. The van der Waals surface area contributed by atoms with Gasteiger partial charge in [-0.15, -0.1) is 0 Å². The van der Waals surface area contributed by atoms with Gasteiger partial charge in [-0.3, -0.25) is 0 Å². The zero-order valence-electron chi connectivity index (χ0n) is 14.9. The molecule has 134 valence electrons. The van der Waals surface area contributed by atoms with Crippen LogP contribution >= 0.6 is 0 Å². The Labute approximate surface area is 149 Å². The van der Waals surface area contributed by atoms with Crippen LogP contribution in [0.25, 0.3) is 0 Å². The molecule has 0 aliphatic heterocycles. The predicted octanol–water partition coefficient (Wildman–Crippen LogP) is 4.89. The molecule has 0 heterocycles. The van der Waals surface area contributed by atoms with Gasteiger partial charge in [-0.1, -0.05) is 50.5 Å². The zero-order valence-corrected chi connectivity index (χ0v) is 14.9. The minimum Gasteiger partial charge on any atom is -0.489 e. The van der Waals surface area contributed by atoms with Crippen molar-refractivity contribution in [2.75, 3.05) is 0 Å². The number of aliphatic hydroxyl groups is 1. The SMILES string of the molecule is CCCCCC(O)c1cccc(OCc2cccc(C(=O)O)c2C)c1. The second-order valence-electron chi connectivity index (χ2n) is 6.27. The van der Waals surface area contributed by atoms with Crippen LogP contribution in [0.5, 0.6) is 5.75 Å².